The molecule has 0 amide bonds. The van der Waals surface area contributed by atoms with E-state index in [9.17, 15) is 0 Å². The minimum atomic E-state index is 0. The van der Waals surface area contributed by atoms with Crippen LogP contribution >= 0.6 is 51.5 Å². The van der Waals surface area contributed by atoms with Gasteiger partial charge in [-0.1, -0.05) is 33.6 Å². The Morgan fingerprint density at radius 1 is 1.33 bits per heavy atom. The molecular formula is C14H22BrClIN3O. The topological polar surface area (TPSA) is 45.7 Å². The third-order valence-corrected chi connectivity index (χ3v) is 3.35. The van der Waals surface area contributed by atoms with Crippen LogP contribution in [0.3, 0.4) is 0 Å². The fourth-order valence-corrected chi connectivity index (χ4v) is 2.28. The average molecular weight is 491 g/mol. The summed E-state index contributed by atoms with van der Waals surface area (Å²) in [4.78, 5) is 4.51. The van der Waals surface area contributed by atoms with Crippen LogP contribution in [0.1, 0.15) is 19.4 Å². The Balaban J connectivity index is 0.00000400. The van der Waals surface area contributed by atoms with Crippen LogP contribution < -0.4 is 10.6 Å². The number of halogens is 3. The van der Waals surface area contributed by atoms with Crippen LogP contribution in [0.25, 0.3) is 0 Å². The molecule has 2 N–H and O–H groups in total. The monoisotopic (exact) mass is 489 g/mol. The van der Waals surface area contributed by atoms with Gasteiger partial charge in [-0.15, -0.1) is 24.0 Å². The van der Waals surface area contributed by atoms with Crippen LogP contribution in [0, 0.1) is 0 Å². The average Bonchev–Trinajstić information content (AvgIpc) is 2.42. The number of nitrogens with one attached hydrogen (secondary N) is 2. The first-order valence-corrected chi connectivity index (χ1v) is 7.88. The molecule has 1 aromatic rings. The van der Waals surface area contributed by atoms with Crippen LogP contribution in [0.4, 0.5) is 0 Å². The molecular weight excluding hydrogens is 468 g/mol. The highest BCUT2D eigenvalue weighted by Crippen LogP contribution is 2.21. The maximum Gasteiger partial charge on any atom is 0.191 e. The number of ether oxygens (including phenoxy) is 1. The van der Waals surface area contributed by atoms with E-state index >= 15 is 0 Å². The van der Waals surface area contributed by atoms with Crippen LogP contribution in [-0.2, 0) is 11.3 Å². The van der Waals surface area contributed by atoms with E-state index < -0.39 is 0 Å². The zero-order valence-corrected chi connectivity index (χ0v) is 17.0. The van der Waals surface area contributed by atoms with E-state index in [1.807, 2.05) is 32.0 Å². The maximum atomic E-state index is 6.18. The molecule has 1 aromatic carbocycles. The lowest BCUT2D eigenvalue weighted by Gasteiger charge is -2.11. The molecule has 7 heteroatoms. The van der Waals surface area contributed by atoms with Gasteiger partial charge in [-0.2, -0.15) is 0 Å². The van der Waals surface area contributed by atoms with Gasteiger partial charge >= 0.3 is 0 Å². The van der Waals surface area contributed by atoms with E-state index in [2.05, 4.69) is 31.6 Å². The smallest absolute Gasteiger partial charge is 0.191 e. The summed E-state index contributed by atoms with van der Waals surface area (Å²) in [6.07, 6.45) is 0. The van der Waals surface area contributed by atoms with Crippen molar-refractivity contribution in [2.45, 2.75) is 20.4 Å². The van der Waals surface area contributed by atoms with E-state index in [0.29, 0.717) is 18.2 Å². The molecule has 1 rings (SSSR count). The Kier molecular flexibility index (Phi) is 12.5. The molecule has 21 heavy (non-hydrogen) atoms. The number of guanidine groups is 1. The van der Waals surface area contributed by atoms with E-state index in [0.717, 1.165) is 35.7 Å². The van der Waals surface area contributed by atoms with Crippen molar-refractivity contribution < 1.29 is 4.74 Å². The quantitative estimate of drug-likeness (QED) is 0.265. The highest BCUT2D eigenvalue weighted by atomic mass is 127. The summed E-state index contributed by atoms with van der Waals surface area (Å²) in [7, 11) is 0. The Morgan fingerprint density at radius 3 is 2.71 bits per heavy atom. The summed E-state index contributed by atoms with van der Waals surface area (Å²) in [5.41, 5.74) is 0.997. The Hall–Kier alpha value is -0.0500. The first kappa shape index (κ1) is 20.9. The third kappa shape index (κ3) is 8.85. The first-order chi connectivity index (χ1) is 9.67. The van der Waals surface area contributed by atoms with Gasteiger partial charge in [0.15, 0.2) is 5.96 Å². The molecule has 0 radical (unpaired) electrons. The second kappa shape index (κ2) is 12.5. The Bertz CT molecular complexity index is 446. The van der Waals surface area contributed by atoms with Crippen LogP contribution in [-0.4, -0.2) is 32.3 Å². The fourth-order valence-electron chi connectivity index (χ4n) is 1.54. The van der Waals surface area contributed by atoms with Gasteiger partial charge in [0.1, 0.15) is 0 Å². The number of nitrogens with zero attached hydrogens (tertiary/aromatic N) is 1. The minimum absolute atomic E-state index is 0. The minimum Gasteiger partial charge on any atom is -0.380 e. The molecule has 0 unspecified atom stereocenters. The number of hydrogen-bond acceptors (Lipinski definition) is 2. The van der Waals surface area contributed by atoms with Crippen molar-refractivity contribution in [2.24, 2.45) is 4.99 Å². The van der Waals surface area contributed by atoms with Gasteiger partial charge in [-0.3, -0.25) is 0 Å². The standard InChI is InChI=1S/C14H21BrClN3O.HI/c1-3-17-14(18-7-8-20-4-2)19-10-11-5-6-12(15)9-13(11)16;/h5-6,9H,3-4,7-8,10H2,1-2H3,(H2,17,18,19);1H. The molecule has 0 fully saturated rings. The van der Waals surface area contributed by atoms with Crippen molar-refractivity contribution in [3.63, 3.8) is 0 Å². The van der Waals surface area contributed by atoms with Crippen molar-refractivity contribution in [2.75, 3.05) is 26.3 Å². The SMILES string of the molecule is CCNC(=NCc1ccc(Br)cc1Cl)NCCOCC.I. The summed E-state index contributed by atoms with van der Waals surface area (Å²) in [5.74, 6) is 0.770. The highest BCUT2D eigenvalue weighted by molar-refractivity contribution is 14.0. The molecule has 0 heterocycles. The molecule has 0 spiro atoms. The van der Waals surface area contributed by atoms with Crippen LogP contribution in [0.5, 0.6) is 0 Å². The number of rotatable bonds is 7. The van der Waals surface area contributed by atoms with Gasteiger partial charge in [0.05, 0.1) is 13.2 Å². The largest absolute Gasteiger partial charge is 0.380 e. The van der Waals surface area contributed by atoms with E-state index in [4.69, 9.17) is 16.3 Å². The van der Waals surface area contributed by atoms with Gasteiger partial charge in [0.25, 0.3) is 0 Å². The summed E-state index contributed by atoms with van der Waals surface area (Å²) >= 11 is 9.57. The lowest BCUT2D eigenvalue weighted by molar-refractivity contribution is 0.152. The fraction of sp³-hybridized carbons (Fsp3) is 0.500. The number of hydrogen-bond donors (Lipinski definition) is 2. The molecule has 4 nitrogen and oxygen atoms in total. The Labute approximate surface area is 157 Å². The highest BCUT2D eigenvalue weighted by Gasteiger charge is 2.02. The third-order valence-electron chi connectivity index (χ3n) is 2.51. The maximum absolute atomic E-state index is 6.18. The lowest BCUT2D eigenvalue weighted by Crippen LogP contribution is -2.39. The second-order valence-corrected chi connectivity index (χ2v) is 5.38. The van der Waals surface area contributed by atoms with Gasteiger partial charge in [0, 0.05) is 29.2 Å². The molecule has 0 bridgehead atoms. The Morgan fingerprint density at radius 2 is 2.10 bits per heavy atom. The first-order valence-electron chi connectivity index (χ1n) is 6.71. The zero-order valence-electron chi connectivity index (χ0n) is 12.3. The van der Waals surface area contributed by atoms with E-state index in [1.165, 1.54) is 0 Å². The molecule has 0 saturated carbocycles. The van der Waals surface area contributed by atoms with Gasteiger partial charge in [-0.05, 0) is 31.5 Å². The molecule has 0 saturated heterocycles. The van der Waals surface area contributed by atoms with E-state index in [1.54, 1.807) is 0 Å². The number of benzene rings is 1. The van der Waals surface area contributed by atoms with Gasteiger partial charge in [-0.25, -0.2) is 4.99 Å². The van der Waals surface area contributed by atoms with Gasteiger partial charge in [0.2, 0.25) is 0 Å². The molecule has 0 aliphatic heterocycles. The van der Waals surface area contributed by atoms with E-state index in [-0.39, 0.29) is 24.0 Å². The summed E-state index contributed by atoms with van der Waals surface area (Å²) in [5, 5.41) is 7.13. The van der Waals surface area contributed by atoms with Crippen molar-refractivity contribution >= 4 is 57.5 Å². The summed E-state index contributed by atoms with van der Waals surface area (Å²) < 4.78 is 6.25. The van der Waals surface area contributed by atoms with Gasteiger partial charge < -0.3 is 15.4 Å². The normalized spacial score (nSPS) is 11.0. The molecule has 0 aliphatic rings. The molecule has 0 aliphatic carbocycles. The van der Waals surface area contributed by atoms with Crippen LogP contribution in [0.2, 0.25) is 5.02 Å². The predicted molar refractivity (Wildman–Crippen MR) is 104 cm³/mol. The summed E-state index contributed by atoms with van der Waals surface area (Å²) in [6, 6.07) is 5.81. The van der Waals surface area contributed by atoms with Crippen molar-refractivity contribution in [3.8, 4) is 0 Å². The second-order valence-electron chi connectivity index (χ2n) is 4.05. The zero-order chi connectivity index (χ0) is 14.8. The predicted octanol–water partition coefficient (Wildman–Crippen LogP) is 3.81. The number of aliphatic imine (C=N–C) groups is 1. The molecule has 0 atom stereocenters. The van der Waals surface area contributed by atoms with Crippen molar-refractivity contribution in [1.29, 1.82) is 0 Å². The van der Waals surface area contributed by atoms with Crippen molar-refractivity contribution in [3.05, 3.63) is 33.3 Å². The molecule has 120 valence electrons. The van der Waals surface area contributed by atoms with Crippen molar-refractivity contribution in [1.82, 2.24) is 10.6 Å². The molecule has 0 aromatic heterocycles. The lowest BCUT2D eigenvalue weighted by atomic mass is 10.2. The van der Waals surface area contributed by atoms with Crippen LogP contribution in [0.15, 0.2) is 27.7 Å². The summed E-state index contributed by atoms with van der Waals surface area (Å²) in [6.45, 7) is 7.49.